The van der Waals surface area contributed by atoms with Crippen LogP contribution in [0.5, 0.6) is 5.75 Å². The van der Waals surface area contributed by atoms with E-state index in [0.717, 1.165) is 16.8 Å². The molecule has 1 atom stereocenters. The highest BCUT2D eigenvalue weighted by atomic mass is 32.2. The SMILES string of the molecule is COc1ccc(S(=O)(=O)N2CCC[C@@H](C(=O)Nc3ccc(C)c(C)c3)C2)cc1. The van der Waals surface area contributed by atoms with Crippen LogP contribution in [0.1, 0.15) is 24.0 Å². The summed E-state index contributed by atoms with van der Waals surface area (Å²) < 4.78 is 32.4. The van der Waals surface area contributed by atoms with Crippen LogP contribution in [0, 0.1) is 19.8 Å². The standard InChI is InChI=1S/C21H26N2O4S/c1-15-6-7-18(13-16(15)2)22-21(24)17-5-4-12-23(14-17)28(25,26)20-10-8-19(27-3)9-11-20/h6-11,13,17H,4-5,12,14H2,1-3H3,(H,22,24)/t17-/m1/s1. The van der Waals surface area contributed by atoms with E-state index in [2.05, 4.69) is 5.32 Å². The highest BCUT2D eigenvalue weighted by molar-refractivity contribution is 7.89. The number of nitrogens with one attached hydrogen (secondary N) is 1. The van der Waals surface area contributed by atoms with E-state index in [1.807, 2.05) is 32.0 Å². The molecule has 1 aliphatic heterocycles. The van der Waals surface area contributed by atoms with Crippen molar-refractivity contribution in [3.63, 3.8) is 0 Å². The molecular weight excluding hydrogens is 376 g/mol. The summed E-state index contributed by atoms with van der Waals surface area (Å²) in [6.07, 6.45) is 1.33. The van der Waals surface area contributed by atoms with Crippen LogP contribution in [0.4, 0.5) is 5.69 Å². The van der Waals surface area contributed by atoms with Crippen LogP contribution in [0.2, 0.25) is 0 Å². The fraction of sp³-hybridized carbons (Fsp3) is 0.381. The minimum atomic E-state index is -3.64. The Hall–Kier alpha value is -2.38. The number of sulfonamides is 1. The molecule has 6 nitrogen and oxygen atoms in total. The molecule has 1 fully saturated rings. The van der Waals surface area contributed by atoms with Gasteiger partial charge in [-0.25, -0.2) is 8.42 Å². The summed E-state index contributed by atoms with van der Waals surface area (Å²) in [7, 11) is -2.11. The molecule has 1 saturated heterocycles. The van der Waals surface area contributed by atoms with Crippen LogP contribution in [-0.4, -0.2) is 38.8 Å². The quantitative estimate of drug-likeness (QED) is 0.832. The highest BCUT2D eigenvalue weighted by Crippen LogP contribution is 2.26. The van der Waals surface area contributed by atoms with E-state index < -0.39 is 10.0 Å². The number of hydrogen-bond donors (Lipinski definition) is 1. The van der Waals surface area contributed by atoms with Gasteiger partial charge in [-0.15, -0.1) is 0 Å². The van der Waals surface area contributed by atoms with Gasteiger partial charge < -0.3 is 10.1 Å². The summed E-state index contributed by atoms with van der Waals surface area (Å²) in [5.41, 5.74) is 3.00. The predicted molar refractivity (Wildman–Crippen MR) is 109 cm³/mol. The van der Waals surface area contributed by atoms with Gasteiger partial charge in [-0.3, -0.25) is 4.79 Å². The smallest absolute Gasteiger partial charge is 0.243 e. The lowest BCUT2D eigenvalue weighted by Crippen LogP contribution is -2.43. The molecule has 0 aliphatic carbocycles. The first-order valence-corrected chi connectivity index (χ1v) is 10.8. The second-order valence-corrected chi connectivity index (χ2v) is 9.10. The molecule has 1 aliphatic rings. The first-order chi connectivity index (χ1) is 13.3. The normalized spacial score (nSPS) is 17.9. The minimum Gasteiger partial charge on any atom is -0.497 e. The van der Waals surface area contributed by atoms with Crippen molar-refractivity contribution in [3.8, 4) is 5.75 Å². The number of methoxy groups -OCH3 is 1. The lowest BCUT2D eigenvalue weighted by molar-refractivity contribution is -0.120. The Morgan fingerprint density at radius 3 is 2.46 bits per heavy atom. The molecule has 2 aromatic carbocycles. The van der Waals surface area contributed by atoms with Crippen LogP contribution in [-0.2, 0) is 14.8 Å². The first kappa shape index (κ1) is 20.4. The van der Waals surface area contributed by atoms with Gasteiger partial charge in [-0.2, -0.15) is 4.31 Å². The number of piperidine rings is 1. The molecule has 0 saturated carbocycles. The lowest BCUT2D eigenvalue weighted by Gasteiger charge is -2.31. The van der Waals surface area contributed by atoms with E-state index in [-0.39, 0.29) is 23.3 Å². The number of anilines is 1. The van der Waals surface area contributed by atoms with Gasteiger partial charge in [0.25, 0.3) is 0 Å². The molecule has 0 unspecified atom stereocenters. The summed E-state index contributed by atoms with van der Waals surface area (Å²) in [5, 5.41) is 2.93. The van der Waals surface area contributed by atoms with Crippen LogP contribution in [0.15, 0.2) is 47.4 Å². The van der Waals surface area contributed by atoms with Crippen molar-refractivity contribution in [3.05, 3.63) is 53.6 Å². The molecule has 150 valence electrons. The summed E-state index contributed by atoms with van der Waals surface area (Å²) in [5.74, 6) is 0.0875. The number of nitrogens with zero attached hydrogens (tertiary/aromatic N) is 1. The van der Waals surface area contributed by atoms with E-state index in [4.69, 9.17) is 4.74 Å². The zero-order valence-electron chi connectivity index (χ0n) is 16.4. The third kappa shape index (κ3) is 4.36. The number of carbonyl (C=O) groups excluding carboxylic acids is 1. The third-order valence-corrected chi connectivity index (χ3v) is 7.11. The van der Waals surface area contributed by atoms with Crippen molar-refractivity contribution in [2.75, 3.05) is 25.5 Å². The maximum atomic E-state index is 12.9. The van der Waals surface area contributed by atoms with Crippen LogP contribution in [0.3, 0.4) is 0 Å². The number of carbonyl (C=O) groups is 1. The molecule has 0 aromatic heterocycles. The minimum absolute atomic E-state index is 0.141. The maximum Gasteiger partial charge on any atom is 0.243 e. The zero-order chi connectivity index (χ0) is 20.3. The van der Waals surface area contributed by atoms with Crippen LogP contribution >= 0.6 is 0 Å². The van der Waals surface area contributed by atoms with Crippen molar-refractivity contribution in [1.29, 1.82) is 0 Å². The third-order valence-electron chi connectivity index (χ3n) is 5.23. The largest absolute Gasteiger partial charge is 0.497 e. The van der Waals surface area contributed by atoms with Crippen LogP contribution < -0.4 is 10.1 Å². The monoisotopic (exact) mass is 402 g/mol. The summed E-state index contributed by atoms with van der Waals surface area (Å²) in [6, 6.07) is 12.1. The average molecular weight is 403 g/mol. The Labute approximate surface area is 166 Å². The second kappa shape index (κ2) is 8.32. The number of rotatable bonds is 5. The van der Waals surface area contributed by atoms with Crippen LogP contribution in [0.25, 0.3) is 0 Å². The number of ether oxygens (including phenoxy) is 1. The van der Waals surface area contributed by atoms with E-state index >= 15 is 0 Å². The Kier molecular flexibility index (Phi) is 6.05. The van der Waals surface area contributed by atoms with Crippen molar-refractivity contribution >= 4 is 21.6 Å². The van der Waals surface area contributed by atoms with Crippen molar-refractivity contribution in [1.82, 2.24) is 4.31 Å². The summed E-state index contributed by atoms with van der Waals surface area (Å²) in [4.78, 5) is 12.9. The second-order valence-electron chi connectivity index (χ2n) is 7.17. The van der Waals surface area contributed by atoms with Crippen molar-refractivity contribution in [2.45, 2.75) is 31.6 Å². The van der Waals surface area contributed by atoms with Gasteiger partial charge in [-0.1, -0.05) is 6.07 Å². The van der Waals surface area contributed by atoms with Crippen molar-refractivity contribution in [2.24, 2.45) is 5.92 Å². The van der Waals surface area contributed by atoms with E-state index in [9.17, 15) is 13.2 Å². The fourth-order valence-electron chi connectivity index (χ4n) is 3.33. The van der Waals surface area contributed by atoms with Gasteiger partial charge in [0.2, 0.25) is 15.9 Å². The molecule has 28 heavy (non-hydrogen) atoms. The molecule has 1 amide bonds. The number of amides is 1. The van der Waals surface area contributed by atoms with Gasteiger partial charge in [0.1, 0.15) is 5.75 Å². The highest BCUT2D eigenvalue weighted by Gasteiger charge is 2.33. The number of aryl methyl sites for hydroxylation is 2. The molecule has 1 N–H and O–H groups in total. The lowest BCUT2D eigenvalue weighted by atomic mass is 9.98. The van der Waals surface area contributed by atoms with Gasteiger partial charge in [-0.05, 0) is 74.2 Å². The number of hydrogen-bond acceptors (Lipinski definition) is 4. The summed E-state index contributed by atoms with van der Waals surface area (Å²) >= 11 is 0. The maximum absolute atomic E-state index is 12.9. The molecule has 1 heterocycles. The Bertz CT molecular complexity index is 955. The summed E-state index contributed by atoms with van der Waals surface area (Å²) in [6.45, 7) is 4.62. The van der Waals surface area contributed by atoms with E-state index in [1.54, 1.807) is 12.1 Å². The van der Waals surface area contributed by atoms with Crippen molar-refractivity contribution < 1.29 is 17.9 Å². The Morgan fingerprint density at radius 2 is 1.82 bits per heavy atom. The molecule has 3 rings (SSSR count). The van der Waals surface area contributed by atoms with E-state index in [0.29, 0.717) is 25.1 Å². The Morgan fingerprint density at radius 1 is 1.11 bits per heavy atom. The molecule has 0 radical (unpaired) electrons. The molecular formula is C21H26N2O4S. The van der Waals surface area contributed by atoms with Gasteiger partial charge in [0.15, 0.2) is 0 Å². The Balaban J connectivity index is 1.71. The molecule has 0 bridgehead atoms. The predicted octanol–water partition coefficient (Wildman–Crippen LogP) is 3.35. The first-order valence-electron chi connectivity index (χ1n) is 9.33. The molecule has 2 aromatic rings. The molecule has 7 heteroatoms. The average Bonchev–Trinajstić information content (AvgIpc) is 2.71. The van der Waals surface area contributed by atoms with Gasteiger partial charge >= 0.3 is 0 Å². The fourth-order valence-corrected chi connectivity index (χ4v) is 4.86. The van der Waals surface area contributed by atoms with Gasteiger partial charge in [0, 0.05) is 18.8 Å². The topological polar surface area (TPSA) is 75.7 Å². The zero-order valence-corrected chi connectivity index (χ0v) is 17.3. The van der Waals surface area contributed by atoms with Gasteiger partial charge in [0.05, 0.1) is 17.9 Å². The van der Waals surface area contributed by atoms with E-state index in [1.165, 1.54) is 23.5 Å². The number of benzene rings is 2. The molecule has 0 spiro atoms.